The Balaban J connectivity index is 1.96. The van der Waals surface area contributed by atoms with Crippen LogP contribution < -0.4 is 5.73 Å². The zero-order valence-electron chi connectivity index (χ0n) is 10.9. The van der Waals surface area contributed by atoms with Gasteiger partial charge in [-0.3, -0.25) is 9.88 Å². The molecule has 1 heterocycles. The van der Waals surface area contributed by atoms with Crippen LogP contribution in [0.3, 0.4) is 0 Å². The van der Waals surface area contributed by atoms with Crippen molar-refractivity contribution < 1.29 is 0 Å². The molecule has 0 bridgehead atoms. The average Bonchev–Trinajstić information content (AvgIpc) is 2.32. The first-order valence-corrected chi connectivity index (χ1v) is 6.07. The van der Waals surface area contributed by atoms with E-state index in [-0.39, 0.29) is 0 Å². The molecule has 3 heteroatoms. The number of rotatable bonds is 4. The van der Waals surface area contributed by atoms with Crippen LogP contribution in [0.25, 0.3) is 0 Å². The lowest BCUT2D eigenvalue weighted by Crippen LogP contribution is -2.17. The van der Waals surface area contributed by atoms with E-state index in [1.54, 1.807) is 0 Å². The molecule has 0 saturated carbocycles. The minimum atomic E-state index is 0.810. The topological polar surface area (TPSA) is 42.2 Å². The first-order valence-electron chi connectivity index (χ1n) is 6.07. The molecule has 18 heavy (non-hydrogen) atoms. The molecular weight excluding hydrogens is 222 g/mol. The van der Waals surface area contributed by atoms with E-state index in [1.807, 2.05) is 24.5 Å². The fourth-order valence-electron chi connectivity index (χ4n) is 2.01. The van der Waals surface area contributed by atoms with Gasteiger partial charge in [-0.05, 0) is 42.8 Å². The van der Waals surface area contributed by atoms with Crippen molar-refractivity contribution in [3.8, 4) is 0 Å². The van der Waals surface area contributed by atoms with Crippen LogP contribution in [0, 0.1) is 6.92 Å². The summed E-state index contributed by atoms with van der Waals surface area (Å²) in [5.41, 5.74) is 10.2. The van der Waals surface area contributed by atoms with Crippen LogP contribution in [0.4, 0.5) is 5.69 Å². The number of hydrogen-bond acceptors (Lipinski definition) is 3. The fourth-order valence-corrected chi connectivity index (χ4v) is 2.01. The maximum absolute atomic E-state index is 5.68. The molecule has 0 amide bonds. The van der Waals surface area contributed by atoms with Gasteiger partial charge in [0.15, 0.2) is 0 Å². The van der Waals surface area contributed by atoms with Crippen molar-refractivity contribution in [3.05, 3.63) is 59.4 Å². The van der Waals surface area contributed by atoms with Gasteiger partial charge in [0.1, 0.15) is 0 Å². The van der Waals surface area contributed by atoms with E-state index in [4.69, 9.17) is 5.73 Å². The molecule has 2 rings (SSSR count). The quantitative estimate of drug-likeness (QED) is 0.837. The minimum Gasteiger partial charge on any atom is -0.399 e. The van der Waals surface area contributed by atoms with E-state index in [1.165, 1.54) is 16.7 Å². The van der Waals surface area contributed by atoms with Crippen LogP contribution in [0.5, 0.6) is 0 Å². The van der Waals surface area contributed by atoms with Crippen molar-refractivity contribution in [2.45, 2.75) is 20.0 Å². The number of aromatic nitrogens is 1. The van der Waals surface area contributed by atoms with Crippen molar-refractivity contribution in [1.29, 1.82) is 0 Å². The normalized spacial score (nSPS) is 10.8. The fraction of sp³-hybridized carbons (Fsp3) is 0.267. The van der Waals surface area contributed by atoms with Gasteiger partial charge in [-0.25, -0.2) is 0 Å². The van der Waals surface area contributed by atoms with Gasteiger partial charge in [0.25, 0.3) is 0 Å². The molecule has 0 radical (unpaired) electrons. The highest BCUT2D eigenvalue weighted by molar-refractivity contribution is 5.39. The van der Waals surface area contributed by atoms with E-state index in [0.717, 1.165) is 18.8 Å². The van der Waals surface area contributed by atoms with Crippen LogP contribution in [0.1, 0.15) is 16.7 Å². The summed E-state index contributed by atoms with van der Waals surface area (Å²) in [5.74, 6) is 0. The second-order valence-corrected chi connectivity index (χ2v) is 4.78. The predicted octanol–water partition coefficient (Wildman–Crippen LogP) is 2.60. The van der Waals surface area contributed by atoms with Gasteiger partial charge >= 0.3 is 0 Å². The lowest BCUT2D eigenvalue weighted by Gasteiger charge is -2.17. The molecular formula is C15H19N3. The maximum Gasteiger partial charge on any atom is 0.0314 e. The number of anilines is 1. The van der Waals surface area contributed by atoms with E-state index in [9.17, 15) is 0 Å². The number of hydrogen-bond donors (Lipinski definition) is 1. The van der Waals surface area contributed by atoms with Crippen LogP contribution >= 0.6 is 0 Å². The van der Waals surface area contributed by atoms with Crippen LogP contribution in [-0.2, 0) is 13.1 Å². The third kappa shape index (κ3) is 3.57. The summed E-state index contributed by atoms with van der Waals surface area (Å²) in [7, 11) is 2.11. The van der Waals surface area contributed by atoms with Gasteiger partial charge in [0, 0.05) is 31.2 Å². The van der Waals surface area contributed by atoms with Gasteiger partial charge in [0.2, 0.25) is 0 Å². The molecule has 1 aromatic heterocycles. The number of pyridine rings is 1. The number of nitrogens with zero attached hydrogens (tertiary/aromatic N) is 2. The molecule has 0 atom stereocenters. The Labute approximate surface area is 108 Å². The SMILES string of the molecule is Cc1cncc(CN(C)Cc2ccc(N)cc2)c1. The molecule has 3 nitrogen and oxygen atoms in total. The molecule has 0 aliphatic carbocycles. The summed E-state index contributed by atoms with van der Waals surface area (Å²) in [6, 6.07) is 10.2. The summed E-state index contributed by atoms with van der Waals surface area (Å²) >= 11 is 0. The van der Waals surface area contributed by atoms with Crippen molar-refractivity contribution >= 4 is 5.69 Å². The first-order chi connectivity index (χ1) is 8.63. The highest BCUT2D eigenvalue weighted by Crippen LogP contribution is 2.10. The van der Waals surface area contributed by atoms with Crippen molar-refractivity contribution in [1.82, 2.24) is 9.88 Å². The summed E-state index contributed by atoms with van der Waals surface area (Å²) < 4.78 is 0. The number of nitrogens with two attached hydrogens (primary N) is 1. The van der Waals surface area contributed by atoms with E-state index >= 15 is 0 Å². The number of benzene rings is 1. The molecule has 94 valence electrons. The van der Waals surface area contributed by atoms with Crippen molar-refractivity contribution in [2.75, 3.05) is 12.8 Å². The molecule has 2 aromatic rings. The standard InChI is InChI=1S/C15H19N3/c1-12-7-14(9-17-8-12)11-18(2)10-13-3-5-15(16)6-4-13/h3-9H,10-11,16H2,1-2H3. The lowest BCUT2D eigenvalue weighted by atomic mass is 10.1. The van der Waals surface area contributed by atoms with Crippen molar-refractivity contribution in [3.63, 3.8) is 0 Å². The number of aryl methyl sites for hydroxylation is 1. The molecule has 0 spiro atoms. The average molecular weight is 241 g/mol. The third-order valence-electron chi connectivity index (χ3n) is 2.82. The highest BCUT2D eigenvalue weighted by atomic mass is 15.1. The minimum absolute atomic E-state index is 0.810. The Morgan fingerprint density at radius 1 is 1.06 bits per heavy atom. The second kappa shape index (κ2) is 5.65. The lowest BCUT2D eigenvalue weighted by molar-refractivity contribution is 0.318. The summed E-state index contributed by atoms with van der Waals surface area (Å²) in [4.78, 5) is 6.48. The second-order valence-electron chi connectivity index (χ2n) is 4.78. The zero-order valence-corrected chi connectivity index (χ0v) is 10.9. The first kappa shape index (κ1) is 12.6. The van der Waals surface area contributed by atoms with Gasteiger partial charge in [-0.1, -0.05) is 18.2 Å². The van der Waals surface area contributed by atoms with Gasteiger partial charge in [-0.2, -0.15) is 0 Å². The van der Waals surface area contributed by atoms with E-state index < -0.39 is 0 Å². The van der Waals surface area contributed by atoms with Crippen LogP contribution in [-0.4, -0.2) is 16.9 Å². The molecule has 0 aliphatic heterocycles. The molecule has 0 aliphatic rings. The Morgan fingerprint density at radius 3 is 2.39 bits per heavy atom. The summed E-state index contributed by atoms with van der Waals surface area (Å²) in [5, 5.41) is 0. The molecule has 0 unspecified atom stereocenters. The van der Waals surface area contributed by atoms with E-state index in [0.29, 0.717) is 0 Å². The molecule has 1 aromatic carbocycles. The van der Waals surface area contributed by atoms with E-state index in [2.05, 4.69) is 42.1 Å². The maximum atomic E-state index is 5.68. The van der Waals surface area contributed by atoms with Gasteiger partial charge in [0.05, 0.1) is 0 Å². The highest BCUT2D eigenvalue weighted by Gasteiger charge is 2.02. The number of nitrogen functional groups attached to an aromatic ring is 1. The Bertz CT molecular complexity index is 505. The monoisotopic (exact) mass is 241 g/mol. The Morgan fingerprint density at radius 2 is 1.72 bits per heavy atom. The van der Waals surface area contributed by atoms with Gasteiger partial charge < -0.3 is 5.73 Å². The molecule has 2 N–H and O–H groups in total. The zero-order chi connectivity index (χ0) is 13.0. The third-order valence-corrected chi connectivity index (χ3v) is 2.82. The molecule has 0 fully saturated rings. The van der Waals surface area contributed by atoms with Crippen LogP contribution in [0.2, 0.25) is 0 Å². The van der Waals surface area contributed by atoms with Crippen LogP contribution in [0.15, 0.2) is 42.7 Å². The summed E-state index contributed by atoms with van der Waals surface area (Å²) in [6.07, 6.45) is 3.80. The Kier molecular flexibility index (Phi) is 3.95. The summed E-state index contributed by atoms with van der Waals surface area (Å²) in [6.45, 7) is 3.88. The largest absolute Gasteiger partial charge is 0.399 e. The molecule has 0 saturated heterocycles. The smallest absolute Gasteiger partial charge is 0.0314 e. The van der Waals surface area contributed by atoms with Crippen molar-refractivity contribution in [2.24, 2.45) is 0 Å². The Hall–Kier alpha value is -1.87. The van der Waals surface area contributed by atoms with Gasteiger partial charge in [-0.15, -0.1) is 0 Å². The predicted molar refractivity (Wildman–Crippen MR) is 75.0 cm³/mol.